The largest absolute Gasteiger partial charge is 0.455 e. The number of benzene rings is 11. The smallest absolute Gasteiger partial charge is 0.167 e. The third-order valence-corrected chi connectivity index (χ3v) is 14.1. The van der Waals surface area contributed by atoms with E-state index in [9.17, 15) is 0 Å². The predicted octanol–water partition coefficient (Wildman–Crippen LogP) is 16.4. The van der Waals surface area contributed by atoms with Crippen LogP contribution < -0.4 is 0 Å². The van der Waals surface area contributed by atoms with Crippen LogP contribution in [0.3, 0.4) is 0 Å². The highest BCUT2D eigenvalue weighted by molar-refractivity contribution is 6.22. The van der Waals surface area contributed by atoms with E-state index in [0.29, 0.717) is 17.5 Å². The van der Waals surface area contributed by atoms with Crippen LogP contribution in [-0.2, 0) is 0 Å². The van der Waals surface area contributed by atoms with Crippen LogP contribution in [-0.4, -0.2) is 24.1 Å². The first-order chi connectivity index (χ1) is 34.2. The van der Waals surface area contributed by atoms with E-state index < -0.39 is 0 Å². The Morgan fingerprint density at radius 1 is 0.290 bits per heavy atom. The van der Waals surface area contributed by atoms with Gasteiger partial charge in [0.1, 0.15) is 11.2 Å². The Morgan fingerprint density at radius 3 is 1.52 bits per heavy atom. The molecule has 0 aliphatic rings. The fourth-order valence-corrected chi connectivity index (χ4v) is 10.9. The Kier molecular flexibility index (Phi) is 7.97. The normalized spacial score (nSPS) is 12.1. The Balaban J connectivity index is 0.970. The summed E-state index contributed by atoms with van der Waals surface area (Å²) in [5, 5.41) is 13.7. The summed E-state index contributed by atoms with van der Waals surface area (Å²) in [4.78, 5) is 15.7. The molecule has 4 aromatic heterocycles. The van der Waals surface area contributed by atoms with Crippen molar-refractivity contribution >= 4 is 97.9 Å². The van der Waals surface area contributed by atoms with Gasteiger partial charge in [-0.15, -0.1) is 0 Å². The molecule has 0 N–H and O–H groups in total. The molecule has 0 radical (unpaired) electrons. The average Bonchev–Trinajstić information content (AvgIpc) is 4.06. The lowest BCUT2D eigenvalue weighted by molar-refractivity contribution is 0.673. The first-order valence-electron chi connectivity index (χ1n) is 23.3. The van der Waals surface area contributed by atoms with Gasteiger partial charge in [0.05, 0.1) is 33.3 Å². The molecule has 0 amide bonds. The van der Waals surface area contributed by atoms with Gasteiger partial charge in [0, 0.05) is 59.9 Å². The van der Waals surface area contributed by atoms with Crippen LogP contribution in [0.1, 0.15) is 0 Å². The first-order valence-corrected chi connectivity index (χ1v) is 23.3. The molecule has 0 atom stereocenters. The quantitative estimate of drug-likeness (QED) is 0.173. The fourth-order valence-electron chi connectivity index (χ4n) is 10.9. The van der Waals surface area contributed by atoms with Crippen LogP contribution in [0.4, 0.5) is 0 Å². The van der Waals surface area contributed by atoms with Gasteiger partial charge in [-0.1, -0.05) is 152 Å². The van der Waals surface area contributed by atoms with Gasteiger partial charge in [0.2, 0.25) is 0 Å². The number of hydrogen-bond acceptors (Lipinski definition) is 4. The van der Waals surface area contributed by atoms with Crippen molar-refractivity contribution < 1.29 is 4.42 Å². The van der Waals surface area contributed by atoms with E-state index in [1.54, 1.807) is 0 Å². The summed E-state index contributed by atoms with van der Waals surface area (Å²) in [6.07, 6.45) is 0. The van der Waals surface area contributed by atoms with Gasteiger partial charge in [0.15, 0.2) is 17.5 Å². The Bertz CT molecular complexity index is 4510. The standard InChI is InChI=1S/C63H37N5O/c1-3-16-38(17-4-1)61-64-62(43-30-31-55-50(34-43)46-25-13-14-29-54(46)67(55)44-22-5-2-6-23-44)66-63(65-61)49-28-15-27-48-53-37-58(45-24-11-12-26-47(45)60(53)69-59(48)49)68-56-35-41-20-9-7-18-39(41)32-51(56)52-33-40-19-8-10-21-42(40)36-57(52)68/h1-37H. The van der Waals surface area contributed by atoms with Crippen molar-refractivity contribution in [3.8, 4) is 45.5 Å². The fraction of sp³-hybridized carbons (Fsp3) is 0. The molecule has 4 heterocycles. The van der Waals surface area contributed by atoms with E-state index in [1.165, 1.54) is 32.3 Å². The van der Waals surface area contributed by atoms with Crippen molar-refractivity contribution in [2.45, 2.75) is 0 Å². The Labute approximate surface area is 394 Å². The summed E-state index contributed by atoms with van der Waals surface area (Å²) in [6.45, 7) is 0. The molecule has 6 nitrogen and oxygen atoms in total. The van der Waals surface area contributed by atoms with E-state index in [0.717, 1.165) is 93.6 Å². The molecule has 0 saturated carbocycles. The van der Waals surface area contributed by atoms with Gasteiger partial charge in [-0.25, -0.2) is 15.0 Å². The molecular formula is C63H37N5O. The molecule has 11 aromatic carbocycles. The first kappa shape index (κ1) is 37.8. The van der Waals surface area contributed by atoms with Crippen LogP contribution in [0.2, 0.25) is 0 Å². The number of furan rings is 1. The van der Waals surface area contributed by atoms with E-state index in [2.05, 4.69) is 215 Å². The van der Waals surface area contributed by atoms with Gasteiger partial charge >= 0.3 is 0 Å². The summed E-state index contributed by atoms with van der Waals surface area (Å²) in [5.41, 5.74) is 10.9. The number of nitrogens with zero attached hydrogens (tertiary/aromatic N) is 5. The minimum absolute atomic E-state index is 0.543. The highest BCUT2D eigenvalue weighted by Crippen LogP contribution is 2.44. The average molecular weight is 880 g/mol. The summed E-state index contributed by atoms with van der Waals surface area (Å²) < 4.78 is 11.9. The van der Waals surface area contributed by atoms with Gasteiger partial charge in [-0.05, 0) is 94.3 Å². The molecule has 0 saturated heterocycles. The lowest BCUT2D eigenvalue weighted by Gasteiger charge is -2.13. The third kappa shape index (κ3) is 5.69. The van der Waals surface area contributed by atoms with Crippen LogP contribution in [0, 0.1) is 0 Å². The van der Waals surface area contributed by atoms with Crippen molar-refractivity contribution in [3.63, 3.8) is 0 Å². The zero-order valence-electron chi connectivity index (χ0n) is 37.0. The minimum atomic E-state index is 0.543. The topological polar surface area (TPSA) is 61.7 Å². The molecule has 0 fully saturated rings. The van der Waals surface area contributed by atoms with Crippen LogP contribution >= 0.6 is 0 Å². The molecule has 15 rings (SSSR count). The van der Waals surface area contributed by atoms with Crippen molar-refractivity contribution in [2.24, 2.45) is 0 Å². The summed E-state index contributed by atoms with van der Waals surface area (Å²) in [6, 6.07) is 79.8. The van der Waals surface area contributed by atoms with Gasteiger partial charge < -0.3 is 13.6 Å². The second kappa shape index (κ2) is 14.6. The Hall–Kier alpha value is -9.39. The molecule has 0 unspecified atom stereocenters. The van der Waals surface area contributed by atoms with Crippen LogP contribution in [0.15, 0.2) is 229 Å². The van der Waals surface area contributed by atoms with E-state index in [-0.39, 0.29) is 0 Å². The zero-order chi connectivity index (χ0) is 45.2. The molecule has 6 heteroatoms. The highest BCUT2D eigenvalue weighted by atomic mass is 16.3. The number of fused-ring (bicyclic) bond motifs is 13. The lowest BCUT2D eigenvalue weighted by atomic mass is 10.0. The number of rotatable bonds is 5. The van der Waals surface area contributed by atoms with E-state index >= 15 is 0 Å². The summed E-state index contributed by atoms with van der Waals surface area (Å²) in [7, 11) is 0. The van der Waals surface area contributed by atoms with Crippen LogP contribution in [0.5, 0.6) is 0 Å². The van der Waals surface area contributed by atoms with Gasteiger partial charge in [-0.3, -0.25) is 0 Å². The van der Waals surface area contributed by atoms with Gasteiger partial charge in [-0.2, -0.15) is 0 Å². The molecule has 0 aliphatic heterocycles. The molecule has 320 valence electrons. The molecule has 0 spiro atoms. The second-order valence-electron chi connectivity index (χ2n) is 18.0. The van der Waals surface area contributed by atoms with E-state index in [1.807, 2.05) is 18.2 Å². The zero-order valence-corrected chi connectivity index (χ0v) is 37.0. The maximum absolute atomic E-state index is 7.14. The summed E-state index contributed by atoms with van der Waals surface area (Å²) >= 11 is 0. The van der Waals surface area contributed by atoms with Crippen LogP contribution in [0.25, 0.3) is 143 Å². The molecule has 15 aromatic rings. The molecular weight excluding hydrogens is 843 g/mol. The summed E-state index contributed by atoms with van der Waals surface area (Å²) in [5.74, 6) is 1.72. The number of aromatic nitrogens is 5. The van der Waals surface area contributed by atoms with Gasteiger partial charge in [0.25, 0.3) is 0 Å². The maximum Gasteiger partial charge on any atom is 0.167 e. The maximum atomic E-state index is 7.14. The number of para-hydroxylation sites is 3. The van der Waals surface area contributed by atoms with Crippen molar-refractivity contribution in [2.75, 3.05) is 0 Å². The monoisotopic (exact) mass is 879 g/mol. The number of hydrogen-bond donors (Lipinski definition) is 0. The van der Waals surface area contributed by atoms with Crippen molar-refractivity contribution in [1.82, 2.24) is 24.1 Å². The molecule has 0 aliphatic carbocycles. The lowest BCUT2D eigenvalue weighted by Crippen LogP contribution is -2.00. The second-order valence-corrected chi connectivity index (χ2v) is 18.0. The highest BCUT2D eigenvalue weighted by Gasteiger charge is 2.23. The molecule has 69 heavy (non-hydrogen) atoms. The SMILES string of the molecule is c1ccc(-c2nc(-c3ccc4c(c3)c3ccccc3n4-c3ccccc3)nc(-c3cccc4c3oc3c5ccccc5c(-n5c6cc7ccccc7cc6c6cc7ccccc7cc65)cc43)n2)cc1. The van der Waals surface area contributed by atoms with Crippen molar-refractivity contribution in [1.29, 1.82) is 0 Å². The minimum Gasteiger partial charge on any atom is -0.455 e. The van der Waals surface area contributed by atoms with E-state index in [4.69, 9.17) is 19.4 Å². The third-order valence-electron chi connectivity index (χ3n) is 14.1. The molecule has 0 bridgehead atoms. The Morgan fingerprint density at radius 2 is 0.812 bits per heavy atom. The van der Waals surface area contributed by atoms with Crippen molar-refractivity contribution in [3.05, 3.63) is 224 Å². The predicted molar refractivity (Wildman–Crippen MR) is 285 cm³/mol.